The Hall–Kier alpha value is -4.05. The van der Waals surface area contributed by atoms with Crippen LogP contribution < -0.4 is 33.8 Å². The van der Waals surface area contributed by atoms with Crippen molar-refractivity contribution < 1.29 is 23.7 Å². The molecule has 1 aliphatic heterocycles. The molecule has 0 N–H and O–H groups in total. The van der Waals surface area contributed by atoms with Crippen molar-refractivity contribution in [2.75, 3.05) is 41.5 Å². The van der Waals surface area contributed by atoms with E-state index in [2.05, 4.69) is 0 Å². The number of hydrogen-bond donors (Lipinski definition) is 0. The smallest absolute Gasteiger partial charge is 0.271 e. The number of rotatable bonds is 9. The average Bonchev–Trinajstić information content (AvgIpc) is 3.26. The van der Waals surface area contributed by atoms with Crippen LogP contribution in [0.25, 0.3) is 6.08 Å². The SMILES string of the molecule is CCN(CC)C(=O)C1=C(C)N=c2s/c(=C/c3cc(OC)ccc3OC)c(=O)n2[C@@H]1c1cc(OC)ccc1OC. The monoisotopic (exact) mass is 551 g/mol. The summed E-state index contributed by atoms with van der Waals surface area (Å²) >= 11 is 1.25. The molecule has 0 fully saturated rings. The highest BCUT2D eigenvalue weighted by Crippen LogP contribution is 2.38. The number of carbonyl (C=O) groups excluding carboxylic acids is 1. The maximum absolute atomic E-state index is 14.1. The average molecular weight is 552 g/mol. The van der Waals surface area contributed by atoms with Crippen LogP contribution in [0.1, 0.15) is 37.9 Å². The third-order valence-corrected chi connectivity index (χ3v) is 7.74. The molecule has 3 aromatic rings. The number of carbonyl (C=O) groups is 1. The maximum atomic E-state index is 14.1. The Balaban J connectivity index is 2.04. The first-order valence-electron chi connectivity index (χ1n) is 12.6. The molecule has 4 rings (SSSR count). The molecule has 2 aromatic carbocycles. The Morgan fingerprint density at radius 2 is 1.59 bits per heavy atom. The Kier molecular flexibility index (Phi) is 8.44. The first-order valence-corrected chi connectivity index (χ1v) is 13.4. The van der Waals surface area contributed by atoms with E-state index in [1.54, 1.807) is 87.3 Å². The van der Waals surface area contributed by atoms with Gasteiger partial charge in [0.05, 0.1) is 44.2 Å². The lowest BCUT2D eigenvalue weighted by molar-refractivity contribution is -0.127. The van der Waals surface area contributed by atoms with E-state index in [9.17, 15) is 9.59 Å². The molecule has 9 nitrogen and oxygen atoms in total. The minimum Gasteiger partial charge on any atom is -0.497 e. The fourth-order valence-corrected chi connectivity index (χ4v) is 5.75. The minimum absolute atomic E-state index is 0.181. The lowest BCUT2D eigenvalue weighted by Crippen LogP contribution is -2.43. The molecule has 1 atom stereocenters. The summed E-state index contributed by atoms with van der Waals surface area (Å²) in [6, 6.07) is 9.98. The van der Waals surface area contributed by atoms with Gasteiger partial charge in [-0.2, -0.15) is 0 Å². The first kappa shape index (κ1) is 28.0. The summed E-state index contributed by atoms with van der Waals surface area (Å²) in [7, 11) is 6.29. The molecule has 0 aliphatic carbocycles. The molecule has 1 aliphatic rings. The van der Waals surface area contributed by atoms with Crippen LogP contribution >= 0.6 is 11.3 Å². The van der Waals surface area contributed by atoms with Crippen molar-refractivity contribution in [3.8, 4) is 23.0 Å². The Morgan fingerprint density at radius 3 is 2.18 bits per heavy atom. The summed E-state index contributed by atoms with van der Waals surface area (Å²) in [5, 5.41) is 0. The topological polar surface area (TPSA) is 91.6 Å². The summed E-state index contributed by atoms with van der Waals surface area (Å²) in [5.41, 5.74) is 2.01. The van der Waals surface area contributed by atoms with Crippen LogP contribution in [0.3, 0.4) is 0 Å². The quantitative estimate of drug-likeness (QED) is 0.406. The van der Waals surface area contributed by atoms with Crippen molar-refractivity contribution in [2.24, 2.45) is 4.99 Å². The van der Waals surface area contributed by atoms with Crippen molar-refractivity contribution in [2.45, 2.75) is 26.8 Å². The molecule has 39 heavy (non-hydrogen) atoms. The Morgan fingerprint density at radius 1 is 0.974 bits per heavy atom. The lowest BCUT2D eigenvalue weighted by Gasteiger charge is -2.30. The number of benzene rings is 2. The van der Waals surface area contributed by atoms with Crippen molar-refractivity contribution in [1.82, 2.24) is 9.47 Å². The second-order valence-corrected chi connectivity index (χ2v) is 9.78. The number of thiazole rings is 1. The molecule has 0 saturated carbocycles. The van der Waals surface area contributed by atoms with Gasteiger partial charge in [-0.05, 0) is 63.2 Å². The molecule has 0 radical (unpaired) electrons. The Labute approximate surface area is 231 Å². The van der Waals surface area contributed by atoms with Crippen LogP contribution in [0.4, 0.5) is 0 Å². The van der Waals surface area contributed by atoms with Crippen LogP contribution in [0, 0.1) is 0 Å². The number of ether oxygens (including phenoxy) is 4. The highest BCUT2D eigenvalue weighted by Gasteiger charge is 2.36. The number of aromatic nitrogens is 1. The van der Waals surface area contributed by atoms with Crippen molar-refractivity contribution in [1.29, 1.82) is 0 Å². The number of methoxy groups -OCH3 is 4. The van der Waals surface area contributed by atoms with Gasteiger partial charge in [-0.3, -0.25) is 14.2 Å². The minimum atomic E-state index is -0.770. The second kappa shape index (κ2) is 11.8. The lowest BCUT2D eigenvalue weighted by atomic mass is 9.93. The van der Waals surface area contributed by atoms with E-state index in [-0.39, 0.29) is 11.5 Å². The molecule has 1 aromatic heterocycles. The van der Waals surface area contributed by atoms with Gasteiger partial charge in [-0.1, -0.05) is 11.3 Å². The number of hydrogen-bond acceptors (Lipinski definition) is 8. The summed E-state index contributed by atoms with van der Waals surface area (Å²) in [6.07, 6.45) is 1.76. The summed E-state index contributed by atoms with van der Waals surface area (Å²) < 4.78 is 24.1. The van der Waals surface area contributed by atoms with E-state index in [1.165, 1.54) is 11.3 Å². The van der Waals surface area contributed by atoms with Gasteiger partial charge in [0.25, 0.3) is 11.5 Å². The molecular formula is C29H33N3O6S. The van der Waals surface area contributed by atoms with Gasteiger partial charge in [-0.25, -0.2) is 4.99 Å². The third-order valence-electron chi connectivity index (χ3n) is 6.76. The normalized spacial score (nSPS) is 14.9. The van der Waals surface area contributed by atoms with Gasteiger partial charge >= 0.3 is 0 Å². The second-order valence-electron chi connectivity index (χ2n) is 8.78. The van der Waals surface area contributed by atoms with Crippen LogP contribution in [0.5, 0.6) is 23.0 Å². The predicted molar refractivity (Wildman–Crippen MR) is 151 cm³/mol. The van der Waals surface area contributed by atoms with Crippen molar-refractivity contribution >= 4 is 23.3 Å². The standard InChI is InChI=1S/C29H33N3O6S/c1-8-31(9-2)28(34)25-17(3)30-29-32(26(25)21-16-20(36-5)11-13-23(21)38-7)27(33)24(39-29)15-18-14-19(35-4)10-12-22(18)37-6/h10-16,26H,8-9H2,1-7H3/b24-15+/t26-/m1/s1. The van der Waals surface area contributed by atoms with Gasteiger partial charge in [0.15, 0.2) is 4.80 Å². The van der Waals surface area contributed by atoms with E-state index >= 15 is 0 Å². The zero-order chi connectivity index (χ0) is 28.3. The zero-order valence-electron chi connectivity index (χ0n) is 23.2. The number of fused-ring (bicyclic) bond motifs is 1. The molecule has 0 spiro atoms. The van der Waals surface area contributed by atoms with E-state index < -0.39 is 6.04 Å². The number of nitrogens with zero attached hydrogens (tertiary/aromatic N) is 3. The van der Waals surface area contributed by atoms with Gasteiger partial charge < -0.3 is 23.8 Å². The molecule has 206 valence electrons. The van der Waals surface area contributed by atoms with Crippen molar-refractivity contribution in [3.05, 3.63) is 78.5 Å². The fourth-order valence-electron chi connectivity index (χ4n) is 4.72. The fraction of sp³-hybridized carbons (Fsp3) is 0.345. The van der Waals surface area contributed by atoms with E-state index in [0.29, 0.717) is 67.8 Å². The molecule has 1 amide bonds. The molecular weight excluding hydrogens is 518 g/mol. The van der Waals surface area contributed by atoms with Gasteiger partial charge in [0.1, 0.15) is 29.0 Å². The molecule has 0 unspecified atom stereocenters. The number of allylic oxidation sites excluding steroid dienone is 1. The van der Waals surface area contributed by atoms with Gasteiger partial charge in [0, 0.05) is 24.2 Å². The number of amides is 1. The van der Waals surface area contributed by atoms with E-state index in [0.717, 1.165) is 0 Å². The molecule has 0 bridgehead atoms. The van der Waals surface area contributed by atoms with E-state index in [1.807, 2.05) is 13.8 Å². The summed E-state index contributed by atoms with van der Waals surface area (Å²) in [5.74, 6) is 2.17. The maximum Gasteiger partial charge on any atom is 0.271 e. The molecule has 0 saturated heterocycles. The van der Waals surface area contributed by atoms with Crippen LogP contribution in [-0.2, 0) is 4.79 Å². The highest BCUT2D eigenvalue weighted by molar-refractivity contribution is 7.07. The summed E-state index contributed by atoms with van der Waals surface area (Å²) in [6.45, 7) is 6.70. The Bertz CT molecular complexity index is 1600. The third kappa shape index (κ3) is 5.16. The van der Waals surface area contributed by atoms with E-state index in [4.69, 9.17) is 23.9 Å². The molecule has 10 heteroatoms. The largest absolute Gasteiger partial charge is 0.497 e. The van der Waals surface area contributed by atoms with Gasteiger partial charge in [0.2, 0.25) is 0 Å². The predicted octanol–water partition coefficient (Wildman–Crippen LogP) is 3.14. The van der Waals surface area contributed by atoms with Crippen LogP contribution in [0.2, 0.25) is 0 Å². The first-order chi connectivity index (χ1) is 18.8. The zero-order valence-corrected chi connectivity index (χ0v) is 24.0. The summed E-state index contributed by atoms with van der Waals surface area (Å²) in [4.78, 5) is 34.9. The number of likely N-dealkylation sites (N-methyl/N-ethyl adjacent to an activating group) is 1. The van der Waals surface area contributed by atoms with Crippen LogP contribution in [-0.4, -0.2) is 56.9 Å². The molecule has 2 heterocycles. The van der Waals surface area contributed by atoms with Crippen LogP contribution in [0.15, 0.2) is 57.5 Å². The highest BCUT2D eigenvalue weighted by atomic mass is 32.1. The van der Waals surface area contributed by atoms with Gasteiger partial charge in [-0.15, -0.1) is 0 Å². The van der Waals surface area contributed by atoms with Crippen molar-refractivity contribution in [3.63, 3.8) is 0 Å².